The second-order valence-corrected chi connectivity index (χ2v) is 6.03. The fourth-order valence-corrected chi connectivity index (χ4v) is 2.63. The Kier molecular flexibility index (Phi) is 5.83. The molecule has 0 aromatic rings. The number of hydrogen-bond acceptors (Lipinski definition) is 5. The van der Waals surface area contributed by atoms with Gasteiger partial charge >= 0.3 is 16.3 Å². The van der Waals surface area contributed by atoms with E-state index < -0.39 is 16.3 Å². The van der Waals surface area contributed by atoms with Gasteiger partial charge in [0.2, 0.25) is 0 Å². The van der Waals surface area contributed by atoms with E-state index in [9.17, 15) is 13.2 Å². The number of rotatable bonds is 5. The van der Waals surface area contributed by atoms with Crippen molar-refractivity contribution in [2.24, 2.45) is 0 Å². The molecule has 0 aliphatic carbocycles. The molecule has 1 aliphatic heterocycles. The molecule has 1 saturated heterocycles. The van der Waals surface area contributed by atoms with E-state index in [0.29, 0.717) is 6.54 Å². The van der Waals surface area contributed by atoms with Crippen molar-refractivity contribution in [3.8, 4) is 0 Å². The largest absolute Gasteiger partial charge is 0.449 e. The van der Waals surface area contributed by atoms with Gasteiger partial charge in [-0.2, -0.15) is 12.7 Å². The Bertz CT molecular complexity index is 365. The van der Waals surface area contributed by atoms with Crippen molar-refractivity contribution in [1.29, 1.82) is 0 Å². The summed E-state index contributed by atoms with van der Waals surface area (Å²) in [5.74, 6) is 0. The average molecular weight is 279 g/mol. The van der Waals surface area contributed by atoms with Gasteiger partial charge in [0, 0.05) is 19.6 Å². The van der Waals surface area contributed by atoms with Crippen molar-refractivity contribution < 1.29 is 17.9 Å². The van der Waals surface area contributed by atoms with Crippen molar-refractivity contribution in [3.05, 3.63) is 0 Å². The highest BCUT2D eigenvalue weighted by atomic mass is 32.2. The van der Waals surface area contributed by atoms with Crippen LogP contribution in [0.4, 0.5) is 4.79 Å². The summed E-state index contributed by atoms with van der Waals surface area (Å²) in [4.78, 5) is 11.1. The summed E-state index contributed by atoms with van der Waals surface area (Å²) in [5.41, 5.74) is 0. The van der Waals surface area contributed by atoms with E-state index in [1.165, 1.54) is 7.05 Å². The summed E-state index contributed by atoms with van der Waals surface area (Å²) in [5, 5.41) is 3.25. The number of nitrogens with zero attached hydrogens (tertiary/aromatic N) is 1. The lowest BCUT2D eigenvalue weighted by Gasteiger charge is -2.27. The number of carbonyl (C=O) groups is 1. The number of carbonyl (C=O) groups excluding carboxylic acids is 1. The van der Waals surface area contributed by atoms with Crippen molar-refractivity contribution >= 4 is 16.3 Å². The first kappa shape index (κ1) is 15.2. The van der Waals surface area contributed by atoms with Crippen LogP contribution in [0.2, 0.25) is 0 Å². The van der Waals surface area contributed by atoms with Crippen molar-refractivity contribution in [1.82, 2.24) is 14.3 Å². The molecular formula is C10H21N3O4S. The van der Waals surface area contributed by atoms with Crippen LogP contribution in [0.5, 0.6) is 0 Å². The summed E-state index contributed by atoms with van der Waals surface area (Å²) in [6.45, 7) is 3.00. The molecule has 0 radical (unpaired) electrons. The molecule has 1 fully saturated rings. The molecule has 1 amide bonds. The lowest BCUT2D eigenvalue weighted by atomic mass is 10.1. The van der Waals surface area contributed by atoms with Gasteiger partial charge in [0.05, 0.1) is 6.61 Å². The molecule has 2 N–H and O–H groups in total. The third kappa shape index (κ3) is 4.79. The minimum absolute atomic E-state index is 0.134. The molecule has 1 heterocycles. The van der Waals surface area contributed by atoms with Crippen LogP contribution in [0.15, 0.2) is 0 Å². The maximum Gasteiger partial charge on any atom is 0.421 e. The molecule has 0 aromatic carbocycles. The van der Waals surface area contributed by atoms with Gasteiger partial charge in [-0.05, 0) is 26.3 Å². The Morgan fingerprint density at radius 3 is 2.78 bits per heavy atom. The van der Waals surface area contributed by atoms with Gasteiger partial charge < -0.3 is 10.1 Å². The zero-order valence-electron chi connectivity index (χ0n) is 10.8. The fraction of sp³-hybridized carbons (Fsp3) is 0.900. The Morgan fingerprint density at radius 1 is 1.50 bits per heavy atom. The first-order chi connectivity index (χ1) is 8.45. The molecule has 1 aliphatic rings. The van der Waals surface area contributed by atoms with Gasteiger partial charge in [-0.3, -0.25) is 0 Å². The molecule has 7 nitrogen and oxygen atoms in total. The molecule has 1 unspecified atom stereocenters. The van der Waals surface area contributed by atoms with E-state index in [-0.39, 0.29) is 12.6 Å². The van der Waals surface area contributed by atoms with Crippen LogP contribution in [0, 0.1) is 0 Å². The zero-order chi connectivity index (χ0) is 13.6. The van der Waals surface area contributed by atoms with Crippen molar-refractivity contribution in [2.45, 2.75) is 32.2 Å². The molecule has 1 atom stereocenters. The van der Waals surface area contributed by atoms with Gasteiger partial charge in [0.1, 0.15) is 0 Å². The third-order valence-electron chi connectivity index (χ3n) is 2.79. The number of amides is 1. The first-order valence-corrected chi connectivity index (χ1v) is 7.54. The van der Waals surface area contributed by atoms with Crippen molar-refractivity contribution in [2.75, 3.05) is 26.7 Å². The Balaban J connectivity index is 2.47. The standard InChI is InChI=1S/C10H21N3O4S/c1-3-17-10(14)12-18(15,16)13(2)8-9-6-4-5-7-11-9/h9,11H,3-8H2,1-2H3,(H,12,14). The topological polar surface area (TPSA) is 87.7 Å². The van der Waals surface area contributed by atoms with Crippen LogP contribution < -0.4 is 10.0 Å². The predicted octanol–water partition coefficient (Wildman–Crippen LogP) is 0.0512. The summed E-state index contributed by atoms with van der Waals surface area (Å²) in [6, 6.07) is 0.141. The SMILES string of the molecule is CCOC(=O)NS(=O)(=O)N(C)CC1CCCCN1. The molecule has 1 rings (SSSR count). The van der Waals surface area contributed by atoms with Gasteiger partial charge in [0.25, 0.3) is 0 Å². The number of hydrogen-bond donors (Lipinski definition) is 2. The lowest BCUT2D eigenvalue weighted by molar-refractivity contribution is 0.158. The molecule has 8 heteroatoms. The zero-order valence-corrected chi connectivity index (χ0v) is 11.6. The minimum atomic E-state index is -3.81. The second-order valence-electron chi connectivity index (χ2n) is 4.25. The first-order valence-electron chi connectivity index (χ1n) is 6.10. The maximum atomic E-state index is 11.8. The van der Waals surface area contributed by atoms with Crippen LogP contribution in [-0.2, 0) is 14.9 Å². The van der Waals surface area contributed by atoms with Gasteiger partial charge in [-0.1, -0.05) is 6.42 Å². The van der Waals surface area contributed by atoms with Crippen LogP contribution in [0.1, 0.15) is 26.2 Å². The monoisotopic (exact) mass is 279 g/mol. The summed E-state index contributed by atoms with van der Waals surface area (Å²) >= 11 is 0. The molecular weight excluding hydrogens is 258 g/mol. The second kappa shape index (κ2) is 6.91. The van der Waals surface area contributed by atoms with Crippen LogP contribution in [0.25, 0.3) is 0 Å². The maximum absolute atomic E-state index is 11.8. The van der Waals surface area contributed by atoms with E-state index in [2.05, 4.69) is 10.1 Å². The number of likely N-dealkylation sites (N-methyl/N-ethyl adjacent to an activating group) is 1. The Morgan fingerprint density at radius 2 is 2.22 bits per heavy atom. The predicted molar refractivity (Wildman–Crippen MR) is 67.3 cm³/mol. The normalized spacial score (nSPS) is 20.7. The summed E-state index contributed by atoms with van der Waals surface area (Å²) in [6.07, 6.45) is 2.21. The van der Waals surface area contributed by atoms with E-state index in [1.807, 2.05) is 4.72 Å². The van der Waals surface area contributed by atoms with Gasteiger partial charge in [-0.15, -0.1) is 0 Å². The van der Waals surface area contributed by atoms with Gasteiger partial charge in [-0.25, -0.2) is 9.52 Å². The van der Waals surface area contributed by atoms with Crippen LogP contribution in [0.3, 0.4) is 0 Å². The molecule has 0 saturated carbocycles. The Labute approximate surface area is 108 Å². The Hall–Kier alpha value is -0.860. The highest BCUT2D eigenvalue weighted by Gasteiger charge is 2.24. The van der Waals surface area contributed by atoms with E-state index in [4.69, 9.17) is 0 Å². The van der Waals surface area contributed by atoms with E-state index >= 15 is 0 Å². The minimum Gasteiger partial charge on any atom is -0.449 e. The van der Waals surface area contributed by atoms with Crippen LogP contribution >= 0.6 is 0 Å². The van der Waals surface area contributed by atoms with Crippen molar-refractivity contribution in [3.63, 3.8) is 0 Å². The summed E-state index contributed by atoms with van der Waals surface area (Å²) in [7, 11) is -2.37. The molecule has 18 heavy (non-hydrogen) atoms. The number of ether oxygens (including phenoxy) is 1. The smallest absolute Gasteiger partial charge is 0.421 e. The number of piperidine rings is 1. The fourth-order valence-electron chi connectivity index (χ4n) is 1.83. The number of nitrogens with one attached hydrogen (secondary N) is 2. The molecule has 0 spiro atoms. The molecule has 0 aromatic heterocycles. The lowest BCUT2D eigenvalue weighted by Crippen LogP contribution is -2.48. The van der Waals surface area contributed by atoms with Crippen LogP contribution in [-0.4, -0.2) is 51.6 Å². The average Bonchev–Trinajstić information content (AvgIpc) is 2.29. The highest BCUT2D eigenvalue weighted by molar-refractivity contribution is 7.87. The highest BCUT2D eigenvalue weighted by Crippen LogP contribution is 2.09. The molecule has 0 bridgehead atoms. The van der Waals surface area contributed by atoms with E-state index in [1.54, 1.807) is 6.92 Å². The third-order valence-corrected chi connectivity index (χ3v) is 4.18. The quantitative estimate of drug-likeness (QED) is 0.742. The summed E-state index contributed by atoms with van der Waals surface area (Å²) < 4.78 is 31.1. The van der Waals surface area contributed by atoms with E-state index in [0.717, 1.165) is 30.1 Å². The van der Waals surface area contributed by atoms with Gasteiger partial charge in [0.15, 0.2) is 0 Å². The molecule has 106 valence electrons.